The third kappa shape index (κ3) is 7.88. The number of carbonyl (C=O) groups excluding carboxylic acids is 1. The molecular formula is C26H36O2. The highest BCUT2D eigenvalue weighted by atomic mass is 16.5. The second kappa shape index (κ2) is 13.1. The van der Waals surface area contributed by atoms with Crippen LogP contribution in [0.25, 0.3) is 11.1 Å². The lowest BCUT2D eigenvalue weighted by molar-refractivity contribution is 0.0497. The topological polar surface area (TPSA) is 26.3 Å². The van der Waals surface area contributed by atoms with Gasteiger partial charge in [0.15, 0.2) is 0 Å². The molecule has 0 aliphatic carbocycles. The fraction of sp³-hybridized carbons (Fsp3) is 0.500. The van der Waals surface area contributed by atoms with E-state index in [0.29, 0.717) is 12.2 Å². The molecule has 2 nitrogen and oxygen atoms in total. The van der Waals surface area contributed by atoms with E-state index in [2.05, 4.69) is 26.0 Å². The van der Waals surface area contributed by atoms with Crippen molar-refractivity contribution in [1.29, 1.82) is 0 Å². The Morgan fingerprint density at radius 2 is 1.32 bits per heavy atom. The SMILES string of the molecule is CCCCCCCCCCCCOC(=O)c1ccc(-c2ccccc2C)cc1. The van der Waals surface area contributed by atoms with E-state index in [0.717, 1.165) is 18.4 Å². The number of hydrogen-bond donors (Lipinski definition) is 0. The zero-order chi connectivity index (χ0) is 20.0. The van der Waals surface area contributed by atoms with Gasteiger partial charge < -0.3 is 4.74 Å². The van der Waals surface area contributed by atoms with E-state index in [4.69, 9.17) is 4.74 Å². The Morgan fingerprint density at radius 1 is 0.750 bits per heavy atom. The summed E-state index contributed by atoms with van der Waals surface area (Å²) in [6.45, 7) is 4.88. The Hall–Kier alpha value is -2.09. The quantitative estimate of drug-likeness (QED) is 0.262. The third-order valence-corrected chi connectivity index (χ3v) is 5.31. The summed E-state index contributed by atoms with van der Waals surface area (Å²) in [5, 5.41) is 0. The van der Waals surface area contributed by atoms with E-state index in [1.54, 1.807) is 0 Å². The van der Waals surface area contributed by atoms with E-state index in [1.807, 2.05) is 36.4 Å². The molecule has 0 aliphatic rings. The van der Waals surface area contributed by atoms with Crippen LogP contribution < -0.4 is 0 Å². The van der Waals surface area contributed by atoms with Crippen molar-refractivity contribution in [3.05, 3.63) is 59.7 Å². The van der Waals surface area contributed by atoms with Crippen molar-refractivity contribution in [2.75, 3.05) is 6.61 Å². The number of hydrogen-bond acceptors (Lipinski definition) is 2. The number of aryl methyl sites for hydroxylation is 1. The summed E-state index contributed by atoms with van der Waals surface area (Å²) in [5.74, 6) is -0.216. The summed E-state index contributed by atoms with van der Waals surface area (Å²) >= 11 is 0. The van der Waals surface area contributed by atoms with Gasteiger partial charge in [-0.1, -0.05) is 101 Å². The Kier molecular flexibility index (Phi) is 10.4. The molecule has 2 aromatic carbocycles. The summed E-state index contributed by atoms with van der Waals surface area (Å²) < 4.78 is 5.43. The molecule has 0 N–H and O–H groups in total. The number of ether oxygens (including phenoxy) is 1. The minimum absolute atomic E-state index is 0.216. The second-order valence-electron chi connectivity index (χ2n) is 7.71. The van der Waals surface area contributed by atoms with Gasteiger partial charge in [-0.2, -0.15) is 0 Å². The summed E-state index contributed by atoms with van der Waals surface area (Å²) in [4.78, 5) is 12.2. The van der Waals surface area contributed by atoms with Crippen LogP contribution in [0.5, 0.6) is 0 Å². The molecular weight excluding hydrogens is 344 g/mol. The fourth-order valence-electron chi connectivity index (χ4n) is 3.52. The largest absolute Gasteiger partial charge is 0.462 e. The van der Waals surface area contributed by atoms with Crippen molar-refractivity contribution in [3.63, 3.8) is 0 Å². The van der Waals surface area contributed by atoms with Gasteiger partial charge in [0.2, 0.25) is 0 Å². The first-order valence-corrected chi connectivity index (χ1v) is 11.1. The molecule has 28 heavy (non-hydrogen) atoms. The normalized spacial score (nSPS) is 10.8. The van der Waals surface area contributed by atoms with Crippen molar-refractivity contribution < 1.29 is 9.53 Å². The number of carbonyl (C=O) groups is 1. The second-order valence-corrected chi connectivity index (χ2v) is 7.71. The van der Waals surface area contributed by atoms with E-state index in [-0.39, 0.29) is 5.97 Å². The zero-order valence-electron chi connectivity index (χ0n) is 17.7. The highest BCUT2D eigenvalue weighted by Gasteiger charge is 2.08. The van der Waals surface area contributed by atoms with Gasteiger partial charge in [0.25, 0.3) is 0 Å². The van der Waals surface area contributed by atoms with Gasteiger partial charge in [-0.15, -0.1) is 0 Å². The van der Waals surface area contributed by atoms with Crippen molar-refractivity contribution in [2.24, 2.45) is 0 Å². The Balaban J connectivity index is 1.60. The monoisotopic (exact) mass is 380 g/mol. The average molecular weight is 381 g/mol. The molecule has 0 saturated heterocycles. The number of rotatable bonds is 13. The molecule has 0 atom stereocenters. The predicted octanol–water partition coefficient (Wildman–Crippen LogP) is 7.74. The van der Waals surface area contributed by atoms with Gasteiger partial charge in [-0.25, -0.2) is 4.79 Å². The molecule has 2 rings (SSSR count). The molecule has 0 saturated carbocycles. The van der Waals surface area contributed by atoms with E-state index >= 15 is 0 Å². The maximum atomic E-state index is 12.2. The molecule has 0 aromatic heterocycles. The lowest BCUT2D eigenvalue weighted by Crippen LogP contribution is -2.06. The molecule has 0 aliphatic heterocycles. The molecule has 0 fully saturated rings. The number of esters is 1. The summed E-state index contributed by atoms with van der Waals surface area (Å²) in [6.07, 6.45) is 12.8. The molecule has 0 bridgehead atoms. The average Bonchev–Trinajstić information content (AvgIpc) is 2.72. The van der Waals surface area contributed by atoms with Gasteiger partial charge in [-0.05, 0) is 42.2 Å². The smallest absolute Gasteiger partial charge is 0.338 e. The van der Waals surface area contributed by atoms with Crippen LogP contribution in [0.3, 0.4) is 0 Å². The fourth-order valence-corrected chi connectivity index (χ4v) is 3.52. The van der Waals surface area contributed by atoms with Crippen molar-refractivity contribution in [3.8, 4) is 11.1 Å². The number of benzene rings is 2. The number of unbranched alkanes of at least 4 members (excludes halogenated alkanes) is 9. The molecule has 0 unspecified atom stereocenters. The molecule has 2 heteroatoms. The van der Waals surface area contributed by atoms with Gasteiger partial charge in [0.1, 0.15) is 0 Å². The van der Waals surface area contributed by atoms with Crippen LogP contribution in [-0.4, -0.2) is 12.6 Å². The van der Waals surface area contributed by atoms with Crippen molar-refractivity contribution >= 4 is 5.97 Å². The van der Waals surface area contributed by atoms with Gasteiger partial charge in [0, 0.05) is 0 Å². The highest BCUT2D eigenvalue weighted by molar-refractivity contribution is 5.90. The summed E-state index contributed by atoms with van der Waals surface area (Å²) in [5.41, 5.74) is 4.19. The molecule has 0 spiro atoms. The lowest BCUT2D eigenvalue weighted by atomic mass is 10.00. The highest BCUT2D eigenvalue weighted by Crippen LogP contribution is 2.23. The maximum Gasteiger partial charge on any atom is 0.338 e. The minimum atomic E-state index is -0.216. The minimum Gasteiger partial charge on any atom is -0.462 e. The van der Waals surface area contributed by atoms with Crippen LogP contribution in [0.1, 0.15) is 87.1 Å². The molecule has 0 radical (unpaired) electrons. The van der Waals surface area contributed by atoms with Crippen LogP contribution in [0.4, 0.5) is 0 Å². The van der Waals surface area contributed by atoms with Crippen molar-refractivity contribution in [1.82, 2.24) is 0 Å². The Morgan fingerprint density at radius 3 is 1.93 bits per heavy atom. The zero-order valence-corrected chi connectivity index (χ0v) is 17.7. The standard InChI is InChI=1S/C26H36O2/c1-3-4-5-6-7-8-9-10-11-14-21-28-26(27)24-19-17-23(18-20-24)25-16-13-12-15-22(25)2/h12-13,15-20H,3-11,14,21H2,1-2H3. The Bertz CT molecular complexity index is 688. The maximum absolute atomic E-state index is 12.2. The van der Waals surface area contributed by atoms with Crippen LogP contribution in [0.15, 0.2) is 48.5 Å². The van der Waals surface area contributed by atoms with Crippen LogP contribution in [0, 0.1) is 6.92 Å². The van der Waals surface area contributed by atoms with E-state index in [1.165, 1.54) is 62.5 Å². The van der Waals surface area contributed by atoms with Crippen LogP contribution >= 0.6 is 0 Å². The molecule has 152 valence electrons. The van der Waals surface area contributed by atoms with E-state index < -0.39 is 0 Å². The predicted molar refractivity (Wildman–Crippen MR) is 119 cm³/mol. The molecule has 0 heterocycles. The van der Waals surface area contributed by atoms with Gasteiger partial charge in [-0.3, -0.25) is 0 Å². The molecule has 2 aromatic rings. The summed E-state index contributed by atoms with van der Waals surface area (Å²) in [7, 11) is 0. The first kappa shape index (κ1) is 22.2. The van der Waals surface area contributed by atoms with Crippen molar-refractivity contribution in [2.45, 2.75) is 78.1 Å². The van der Waals surface area contributed by atoms with Gasteiger partial charge in [0.05, 0.1) is 12.2 Å². The lowest BCUT2D eigenvalue weighted by Gasteiger charge is -2.08. The van der Waals surface area contributed by atoms with Crippen LogP contribution in [-0.2, 0) is 4.74 Å². The Labute approximate surface area is 171 Å². The van der Waals surface area contributed by atoms with Gasteiger partial charge >= 0.3 is 5.97 Å². The van der Waals surface area contributed by atoms with Crippen LogP contribution in [0.2, 0.25) is 0 Å². The first-order valence-electron chi connectivity index (χ1n) is 11.1. The molecule has 0 amide bonds. The summed E-state index contributed by atoms with van der Waals surface area (Å²) in [6, 6.07) is 16.0. The third-order valence-electron chi connectivity index (χ3n) is 5.31. The van der Waals surface area contributed by atoms with E-state index in [9.17, 15) is 4.79 Å². The first-order chi connectivity index (χ1) is 13.7.